The topological polar surface area (TPSA) is 67.6 Å². The Morgan fingerprint density at radius 1 is 1.36 bits per heavy atom. The summed E-state index contributed by atoms with van der Waals surface area (Å²) in [5, 5.41) is 3.15. The van der Waals surface area contributed by atoms with Crippen LogP contribution in [0.5, 0.6) is 0 Å². The summed E-state index contributed by atoms with van der Waals surface area (Å²) in [6.07, 6.45) is 3.23. The number of carbonyl (C=O) groups excluding carboxylic acids is 1. The van der Waals surface area contributed by atoms with Crippen LogP contribution in [0.1, 0.15) is 24.8 Å². The monoisotopic (exact) mass is 305 g/mol. The summed E-state index contributed by atoms with van der Waals surface area (Å²) in [5.41, 5.74) is 7.71. The molecule has 1 fully saturated rings. The van der Waals surface area contributed by atoms with Gasteiger partial charge in [-0.15, -0.1) is 0 Å². The van der Waals surface area contributed by atoms with E-state index in [4.69, 9.17) is 10.5 Å². The van der Waals surface area contributed by atoms with Crippen molar-refractivity contribution in [1.82, 2.24) is 10.2 Å². The van der Waals surface area contributed by atoms with Crippen LogP contribution in [0.4, 0.5) is 5.69 Å². The van der Waals surface area contributed by atoms with Gasteiger partial charge in [0, 0.05) is 44.9 Å². The average molecular weight is 305 g/mol. The number of methoxy groups -OCH3 is 1. The van der Waals surface area contributed by atoms with Gasteiger partial charge in [0.25, 0.3) is 0 Å². The van der Waals surface area contributed by atoms with Crippen LogP contribution in [0.15, 0.2) is 24.3 Å². The summed E-state index contributed by atoms with van der Waals surface area (Å²) in [5.74, 6) is 0.124. The van der Waals surface area contributed by atoms with Gasteiger partial charge in [-0.05, 0) is 30.9 Å². The molecule has 0 atom stereocenters. The van der Waals surface area contributed by atoms with Gasteiger partial charge in [0.05, 0.1) is 6.61 Å². The molecule has 122 valence electrons. The molecule has 0 saturated carbocycles. The zero-order chi connectivity index (χ0) is 15.8. The highest BCUT2D eigenvalue weighted by Crippen LogP contribution is 2.14. The number of amides is 1. The molecule has 0 spiro atoms. The number of hydrogen-bond acceptors (Lipinski definition) is 4. The number of para-hydroxylation sites is 1. The number of ether oxygens (including phenoxy) is 1. The van der Waals surface area contributed by atoms with Crippen molar-refractivity contribution in [2.75, 3.05) is 39.1 Å². The zero-order valence-electron chi connectivity index (χ0n) is 13.4. The summed E-state index contributed by atoms with van der Waals surface area (Å²) < 4.78 is 5.10. The molecule has 22 heavy (non-hydrogen) atoms. The van der Waals surface area contributed by atoms with E-state index in [0.717, 1.165) is 50.3 Å². The highest BCUT2D eigenvalue weighted by atomic mass is 16.5. The first-order valence-corrected chi connectivity index (χ1v) is 8.03. The van der Waals surface area contributed by atoms with Gasteiger partial charge in [0.15, 0.2) is 0 Å². The van der Waals surface area contributed by atoms with Gasteiger partial charge in [0.1, 0.15) is 0 Å². The Balaban J connectivity index is 1.67. The van der Waals surface area contributed by atoms with Gasteiger partial charge in [-0.2, -0.15) is 0 Å². The van der Waals surface area contributed by atoms with E-state index in [2.05, 4.69) is 10.2 Å². The SMILES string of the molecule is COCCN1CCC(NC(=O)CCc2ccccc2N)CC1. The molecule has 1 aromatic rings. The van der Waals surface area contributed by atoms with Crippen molar-refractivity contribution in [2.24, 2.45) is 0 Å². The molecule has 0 unspecified atom stereocenters. The van der Waals surface area contributed by atoms with Gasteiger partial charge in [-0.25, -0.2) is 0 Å². The molecule has 2 rings (SSSR count). The van der Waals surface area contributed by atoms with Crippen LogP contribution in [-0.4, -0.2) is 50.2 Å². The summed E-state index contributed by atoms with van der Waals surface area (Å²) >= 11 is 0. The fourth-order valence-corrected chi connectivity index (χ4v) is 2.83. The zero-order valence-corrected chi connectivity index (χ0v) is 13.4. The predicted octanol–water partition coefficient (Wildman–Crippen LogP) is 1.43. The number of nitrogen functional groups attached to an aromatic ring is 1. The van der Waals surface area contributed by atoms with E-state index in [1.54, 1.807) is 7.11 Å². The van der Waals surface area contributed by atoms with Crippen molar-refractivity contribution >= 4 is 11.6 Å². The number of likely N-dealkylation sites (tertiary alicyclic amines) is 1. The predicted molar refractivity (Wildman–Crippen MR) is 88.7 cm³/mol. The Morgan fingerprint density at radius 2 is 2.09 bits per heavy atom. The van der Waals surface area contributed by atoms with E-state index in [1.807, 2.05) is 24.3 Å². The van der Waals surface area contributed by atoms with E-state index >= 15 is 0 Å². The Kier molecular flexibility index (Phi) is 6.68. The van der Waals surface area contributed by atoms with Gasteiger partial charge >= 0.3 is 0 Å². The maximum absolute atomic E-state index is 12.1. The molecule has 1 saturated heterocycles. The lowest BCUT2D eigenvalue weighted by Crippen LogP contribution is -2.45. The molecule has 1 aliphatic rings. The molecular formula is C17H27N3O2. The summed E-state index contributed by atoms with van der Waals surface area (Å²) in [6.45, 7) is 3.81. The van der Waals surface area contributed by atoms with Crippen molar-refractivity contribution < 1.29 is 9.53 Å². The van der Waals surface area contributed by atoms with E-state index in [1.165, 1.54) is 0 Å². The average Bonchev–Trinajstić information content (AvgIpc) is 2.53. The van der Waals surface area contributed by atoms with Gasteiger partial charge < -0.3 is 20.7 Å². The van der Waals surface area contributed by atoms with Crippen LogP contribution in [0.2, 0.25) is 0 Å². The molecule has 0 bridgehead atoms. The number of nitrogens with one attached hydrogen (secondary N) is 1. The number of rotatable bonds is 7. The van der Waals surface area contributed by atoms with Crippen molar-refractivity contribution in [3.8, 4) is 0 Å². The third kappa shape index (κ3) is 5.31. The Hall–Kier alpha value is -1.59. The fraction of sp³-hybridized carbons (Fsp3) is 0.588. The molecule has 1 aliphatic heterocycles. The second kappa shape index (κ2) is 8.76. The molecule has 5 heteroatoms. The lowest BCUT2D eigenvalue weighted by molar-refractivity contribution is -0.122. The van der Waals surface area contributed by atoms with Crippen LogP contribution < -0.4 is 11.1 Å². The fourth-order valence-electron chi connectivity index (χ4n) is 2.83. The Morgan fingerprint density at radius 3 is 2.77 bits per heavy atom. The number of nitrogens with zero attached hydrogens (tertiary/aromatic N) is 1. The highest BCUT2D eigenvalue weighted by Gasteiger charge is 2.20. The number of benzene rings is 1. The van der Waals surface area contributed by atoms with Gasteiger partial charge in [0.2, 0.25) is 5.91 Å². The summed E-state index contributed by atoms with van der Waals surface area (Å²) in [6, 6.07) is 8.04. The molecule has 1 amide bonds. The molecule has 0 radical (unpaired) electrons. The lowest BCUT2D eigenvalue weighted by atomic mass is 10.0. The molecular weight excluding hydrogens is 278 g/mol. The van der Waals surface area contributed by atoms with Gasteiger partial charge in [-0.1, -0.05) is 18.2 Å². The number of anilines is 1. The molecule has 1 heterocycles. The van der Waals surface area contributed by atoms with Crippen molar-refractivity contribution in [2.45, 2.75) is 31.7 Å². The van der Waals surface area contributed by atoms with Gasteiger partial charge in [-0.3, -0.25) is 4.79 Å². The second-order valence-corrected chi connectivity index (χ2v) is 5.88. The minimum absolute atomic E-state index is 0.124. The first-order valence-electron chi connectivity index (χ1n) is 8.03. The van der Waals surface area contributed by atoms with Crippen LogP contribution in [-0.2, 0) is 16.0 Å². The summed E-state index contributed by atoms with van der Waals surface area (Å²) in [7, 11) is 1.73. The standard InChI is InChI=1S/C17H27N3O2/c1-22-13-12-20-10-8-15(9-11-20)19-17(21)7-6-14-4-2-3-5-16(14)18/h2-5,15H,6-13,18H2,1H3,(H,19,21). The van der Waals surface area contributed by atoms with E-state index in [9.17, 15) is 4.79 Å². The Labute approximate surface area is 132 Å². The lowest BCUT2D eigenvalue weighted by Gasteiger charge is -2.32. The maximum Gasteiger partial charge on any atom is 0.220 e. The highest BCUT2D eigenvalue weighted by molar-refractivity contribution is 5.76. The van der Waals surface area contributed by atoms with Crippen LogP contribution in [0.25, 0.3) is 0 Å². The largest absolute Gasteiger partial charge is 0.399 e. The molecule has 0 aromatic heterocycles. The number of nitrogens with two attached hydrogens (primary N) is 1. The minimum atomic E-state index is 0.124. The van der Waals surface area contributed by atoms with Crippen molar-refractivity contribution in [3.05, 3.63) is 29.8 Å². The van der Waals surface area contributed by atoms with E-state index < -0.39 is 0 Å². The minimum Gasteiger partial charge on any atom is -0.399 e. The quantitative estimate of drug-likeness (QED) is 0.748. The number of piperidine rings is 1. The molecule has 3 N–H and O–H groups in total. The third-order valence-electron chi connectivity index (χ3n) is 4.24. The second-order valence-electron chi connectivity index (χ2n) is 5.88. The smallest absolute Gasteiger partial charge is 0.220 e. The first kappa shape index (κ1) is 16.8. The molecule has 0 aliphatic carbocycles. The van der Waals surface area contributed by atoms with Crippen LogP contribution in [0.3, 0.4) is 0 Å². The number of hydrogen-bond donors (Lipinski definition) is 2. The van der Waals surface area contributed by atoms with Crippen molar-refractivity contribution in [1.29, 1.82) is 0 Å². The molecule has 5 nitrogen and oxygen atoms in total. The Bertz CT molecular complexity index is 471. The number of carbonyl (C=O) groups is 1. The van der Waals surface area contributed by atoms with Crippen molar-refractivity contribution in [3.63, 3.8) is 0 Å². The maximum atomic E-state index is 12.1. The molecule has 1 aromatic carbocycles. The third-order valence-corrected chi connectivity index (χ3v) is 4.24. The van der Waals surface area contributed by atoms with Crippen LogP contribution >= 0.6 is 0 Å². The summed E-state index contributed by atoms with van der Waals surface area (Å²) in [4.78, 5) is 14.4. The normalized spacial score (nSPS) is 16.6. The first-order chi connectivity index (χ1) is 10.7. The number of aryl methyl sites for hydroxylation is 1. The van der Waals surface area contributed by atoms with E-state index in [-0.39, 0.29) is 5.91 Å². The van der Waals surface area contributed by atoms with E-state index in [0.29, 0.717) is 18.9 Å². The van der Waals surface area contributed by atoms with Crippen LogP contribution in [0, 0.1) is 0 Å².